The first-order valence-corrected chi connectivity index (χ1v) is 5.40. The Morgan fingerprint density at radius 2 is 2.00 bits per heavy atom. The zero-order valence-corrected chi connectivity index (χ0v) is 10.9. The van der Waals surface area contributed by atoms with Crippen LogP contribution in [0.5, 0.6) is 0 Å². The molecular weight excluding hydrogens is 243 g/mol. The summed E-state index contributed by atoms with van der Waals surface area (Å²) in [4.78, 5) is 0. The Labute approximate surface area is 110 Å². The van der Waals surface area contributed by atoms with Gasteiger partial charge in [0, 0.05) is 5.69 Å². The van der Waals surface area contributed by atoms with Crippen LogP contribution in [0.4, 0.5) is 5.69 Å². The summed E-state index contributed by atoms with van der Waals surface area (Å²) in [6.07, 6.45) is 3.76. The number of piperidine rings is 1. The van der Waals surface area contributed by atoms with Crippen LogP contribution < -0.4 is 11.1 Å². The fourth-order valence-electron chi connectivity index (χ4n) is 2.13. The molecule has 1 fully saturated rings. The van der Waals surface area contributed by atoms with Crippen molar-refractivity contribution in [3.05, 3.63) is 29.8 Å². The molecule has 92 valence electrons. The molecule has 0 radical (unpaired) electrons. The van der Waals surface area contributed by atoms with E-state index in [0.29, 0.717) is 0 Å². The Hall–Kier alpha value is -0.440. The van der Waals surface area contributed by atoms with E-state index in [1.54, 1.807) is 0 Å². The lowest BCUT2D eigenvalue weighted by molar-refractivity contribution is 0.376. The maximum Gasteiger partial charge on any atom is 0.0346 e. The minimum atomic E-state index is 0. The third kappa shape index (κ3) is 4.20. The highest BCUT2D eigenvalue weighted by Crippen LogP contribution is 2.20. The van der Waals surface area contributed by atoms with Gasteiger partial charge >= 0.3 is 0 Å². The SMILES string of the molecule is Cl.Cl.Nc1ccccc1CC1CCCNC1. The summed E-state index contributed by atoms with van der Waals surface area (Å²) in [7, 11) is 0. The third-order valence-electron chi connectivity index (χ3n) is 2.96. The second kappa shape index (κ2) is 7.77. The number of halogens is 2. The van der Waals surface area contributed by atoms with Crippen molar-refractivity contribution in [1.82, 2.24) is 5.32 Å². The normalized spacial score (nSPS) is 19.4. The summed E-state index contributed by atoms with van der Waals surface area (Å²) in [6, 6.07) is 8.20. The van der Waals surface area contributed by atoms with Gasteiger partial charge in [-0.3, -0.25) is 0 Å². The topological polar surface area (TPSA) is 38.0 Å². The van der Waals surface area contributed by atoms with Crippen LogP contribution in [-0.2, 0) is 6.42 Å². The molecule has 1 aromatic rings. The molecule has 4 heteroatoms. The molecule has 2 nitrogen and oxygen atoms in total. The maximum atomic E-state index is 5.92. The summed E-state index contributed by atoms with van der Waals surface area (Å²) >= 11 is 0. The maximum absolute atomic E-state index is 5.92. The Kier molecular flexibility index (Phi) is 7.56. The minimum Gasteiger partial charge on any atom is -0.399 e. The van der Waals surface area contributed by atoms with Gasteiger partial charge in [-0.25, -0.2) is 0 Å². The molecule has 1 atom stereocenters. The number of hydrogen-bond acceptors (Lipinski definition) is 2. The number of hydrogen-bond donors (Lipinski definition) is 2. The van der Waals surface area contributed by atoms with Gasteiger partial charge in [-0.2, -0.15) is 0 Å². The van der Waals surface area contributed by atoms with Crippen molar-refractivity contribution in [2.75, 3.05) is 18.8 Å². The molecule has 1 heterocycles. The molecule has 1 unspecified atom stereocenters. The molecular formula is C12H20Cl2N2. The van der Waals surface area contributed by atoms with Gasteiger partial charge < -0.3 is 11.1 Å². The lowest BCUT2D eigenvalue weighted by Gasteiger charge is -2.23. The van der Waals surface area contributed by atoms with Gasteiger partial charge in [-0.1, -0.05) is 18.2 Å². The van der Waals surface area contributed by atoms with Crippen molar-refractivity contribution < 1.29 is 0 Å². The summed E-state index contributed by atoms with van der Waals surface area (Å²) in [5, 5.41) is 3.43. The van der Waals surface area contributed by atoms with Gasteiger partial charge in [0.2, 0.25) is 0 Å². The lowest BCUT2D eigenvalue weighted by Crippen LogP contribution is -2.30. The van der Waals surface area contributed by atoms with E-state index in [1.165, 1.54) is 24.9 Å². The van der Waals surface area contributed by atoms with Gasteiger partial charge in [0.05, 0.1) is 0 Å². The molecule has 0 amide bonds. The Balaban J connectivity index is 0.00000112. The number of anilines is 1. The minimum absolute atomic E-state index is 0. The summed E-state index contributed by atoms with van der Waals surface area (Å²) < 4.78 is 0. The van der Waals surface area contributed by atoms with E-state index in [9.17, 15) is 0 Å². The number of benzene rings is 1. The average Bonchev–Trinajstić information content (AvgIpc) is 2.23. The number of rotatable bonds is 2. The van der Waals surface area contributed by atoms with Crippen LogP contribution in [0.3, 0.4) is 0 Å². The molecule has 0 saturated carbocycles. The van der Waals surface area contributed by atoms with Gasteiger partial charge in [-0.05, 0) is 49.9 Å². The Morgan fingerprint density at radius 3 is 2.62 bits per heavy atom. The highest BCUT2D eigenvalue weighted by molar-refractivity contribution is 5.85. The molecule has 2 rings (SSSR count). The van der Waals surface area contributed by atoms with E-state index in [0.717, 1.165) is 24.6 Å². The van der Waals surface area contributed by atoms with E-state index in [1.807, 2.05) is 12.1 Å². The van der Waals surface area contributed by atoms with Gasteiger partial charge in [0.1, 0.15) is 0 Å². The number of nitrogen functional groups attached to an aromatic ring is 1. The molecule has 1 aliphatic heterocycles. The van der Waals surface area contributed by atoms with Crippen LogP contribution in [-0.4, -0.2) is 13.1 Å². The summed E-state index contributed by atoms with van der Waals surface area (Å²) in [5.41, 5.74) is 8.17. The van der Waals surface area contributed by atoms with E-state index in [2.05, 4.69) is 17.4 Å². The largest absolute Gasteiger partial charge is 0.399 e. The van der Waals surface area contributed by atoms with Gasteiger partial charge in [0.25, 0.3) is 0 Å². The predicted molar refractivity (Wildman–Crippen MR) is 74.6 cm³/mol. The van der Waals surface area contributed by atoms with E-state index in [4.69, 9.17) is 5.73 Å². The van der Waals surface area contributed by atoms with Crippen LogP contribution in [0.15, 0.2) is 24.3 Å². The molecule has 0 aliphatic carbocycles. The average molecular weight is 263 g/mol. The second-order valence-corrected chi connectivity index (χ2v) is 4.12. The molecule has 0 spiro atoms. The van der Waals surface area contributed by atoms with Crippen LogP contribution in [0.25, 0.3) is 0 Å². The molecule has 0 bridgehead atoms. The van der Waals surface area contributed by atoms with Crippen molar-refractivity contribution >= 4 is 30.5 Å². The van der Waals surface area contributed by atoms with Crippen molar-refractivity contribution in [3.63, 3.8) is 0 Å². The highest BCUT2D eigenvalue weighted by atomic mass is 35.5. The molecule has 16 heavy (non-hydrogen) atoms. The Bertz CT molecular complexity index is 299. The number of nitrogens with one attached hydrogen (secondary N) is 1. The molecule has 3 N–H and O–H groups in total. The zero-order valence-electron chi connectivity index (χ0n) is 9.32. The van der Waals surface area contributed by atoms with Gasteiger partial charge in [0.15, 0.2) is 0 Å². The quantitative estimate of drug-likeness (QED) is 0.805. The van der Waals surface area contributed by atoms with E-state index in [-0.39, 0.29) is 24.8 Å². The highest BCUT2D eigenvalue weighted by Gasteiger charge is 2.14. The summed E-state index contributed by atoms with van der Waals surface area (Å²) in [5.74, 6) is 0.772. The van der Waals surface area contributed by atoms with Crippen LogP contribution in [0.1, 0.15) is 18.4 Å². The van der Waals surface area contributed by atoms with Crippen molar-refractivity contribution in [3.8, 4) is 0 Å². The lowest BCUT2D eigenvalue weighted by atomic mass is 9.92. The first-order valence-electron chi connectivity index (χ1n) is 5.40. The monoisotopic (exact) mass is 262 g/mol. The van der Waals surface area contributed by atoms with Crippen LogP contribution in [0.2, 0.25) is 0 Å². The van der Waals surface area contributed by atoms with E-state index >= 15 is 0 Å². The Morgan fingerprint density at radius 1 is 1.25 bits per heavy atom. The summed E-state index contributed by atoms with van der Waals surface area (Å²) in [6.45, 7) is 2.33. The molecule has 0 aromatic heterocycles. The first kappa shape index (κ1) is 15.6. The van der Waals surface area contributed by atoms with Crippen LogP contribution in [0, 0.1) is 5.92 Å². The number of nitrogens with two attached hydrogens (primary N) is 1. The molecule has 1 aliphatic rings. The second-order valence-electron chi connectivity index (χ2n) is 4.12. The van der Waals surface area contributed by atoms with Crippen molar-refractivity contribution in [2.24, 2.45) is 5.92 Å². The van der Waals surface area contributed by atoms with Crippen LogP contribution >= 0.6 is 24.8 Å². The molecule has 1 aromatic carbocycles. The van der Waals surface area contributed by atoms with Crippen molar-refractivity contribution in [1.29, 1.82) is 0 Å². The van der Waals surface area contributed by atoms with E-state index < -0.39 is 0 Å². The van der Waals surface area contributed by atoms with Crippen molar-refractivity contribution in [2.45, 2.75) is 19.3 Å². The number of para-hydroxylation sites is 1. The standard InChI is InChI=1S/C12H18N2.2ClH/c13-12-6-2-1-5-11(12)8-10-4-3-7-14-9-10;;/h1-2,5-6,10,14H,3-4,7-9,13H2;2*1H. The smallest absolute Gasteiger partial charge is 0.0346 e. The predicted octanol–water partition coefficient (Wildman–Crippen LogP) is 2.65. The zero-order chi connectivity index (χ0) is 9.80. The third-order valence-corrected chi connectivity index (χ3v) is 2.96. The van der Waals surface area contributed by atoms with Gasteiger partial charge in [-0.15, -0.1) is 24.8 Å². The fraction of sp³-hybridized carbons (Fsp3) is 0.500. The molecule has 1 saturated heterocycles. The first-order chi connectivity index (χ1) is 6.86. The fourth-order valence-corrected chi connectivity index (χ4v) is 2.13.